The van der Waals surface area contributed by atoms with Crippen LogP contribution in [-0.2, 0) is 13.0 Å². The number of hydrogen-bond acceptors (Lipinski definition) is 3. The first-order valence-corrected chi connectivity index (χ1v) is 8.71. The van der Waals surface area contributed by atoms with Gasteiger partial charge < -0.3 is 9.84 Å². The summed E-state index contributed by atoms with van der Waals surface area (Å²) in [5, 5.41) is 10.4. The van der Waals surface area contributed by atoms with Gasteiger partial charge in [-0.1, -0.05) is 30.3 Å². The summed E-state index contributed by atoms with van der Waals surface area (Å²) < 4.78 is 5.89. The third kappa shape index (κ3) is 3.97. The average molecular weight is 325 g/mol. The van der Waals surface area contributed by atoms with Crippen molar-refractivity contribution in [2.75, 3.05) is 19.7 Å². The fraction of sp³-hybridized carbons (Fsp3) is 0.429. The molecule has 0 fully saturated rings. The van der Waals surface area contributed by atoms with Gasteiger partial charge in [-0.05, 0) is 61.1 Å². The van der Waals surface area contributed by atoms with E-state index in [0.717, 1.165) is 30.8 Å². The lowest BCUT2D eigenvalue weighted by atomic mass is 10.00. The molecule has 0 saturated carbocycles. The molecule has 3 heteroatoms. The van der Waals surface area contributed by atoms with Gasteiger partial charge in [0.25, 0.3) is 0 Å². The van der Waals surface area contributed by atoms with Crippen molar-refractivity contribution < 1.29 is 9.84 Å². The zero-order valence-corrected chi connectivity index (χ0v) is 14.9. The Labute approximate surface area is 144 Å². The van der Waals surface area contributed by atoms with Gasteiger partial charge in [0.05, 0.1) is 0 Å². The van der Waals surface area contributed by atoms with Crippen LogP contribution in [-0.4, -0.2) is 35.8 Å². The lowest BCUT2D eigenvalue weighted by Crippen LogP contribution is -2.38. The first-order chi connectivity index (χ1) is 11.5. The predicted molar refractivity (Wildman–Crippen MR) is 97.6 cm³/mol. The standard InChI is InChI=1S/C21H27NO2/c1-15-10-16(2)17(3)21(11-15)24-14-20(23)13-22-9-8-18-6-4-5-7-19(18)12-22/h4-7,10-11,20,23H,8-9,12-14H2,1-3H3/t20-/m1/s1. The smallest absolute Gasteiger partial charge is 0.122 e. The van der Waals surface area contributed by atoms with E-state index in [9.17, 15) is 5.11 Å². The zero-order valence-electron chi connectivity index (χ0n) is 14.9. The summed E-state index contributed by atoms with van der Waals surface area (Å²) in [5.41, 5.74) is 6.38. The van der Waals surface area contributed by atoms with Crippen molar-refractivity contribution in [2.45, 2.75) is 39.8 Å². The second-order valence-electron chi connectivity index (χ2n) is 6.92. The number of ether oxygens (including phenoxy) is 1. The van der Waals surface area contributed by atoms with Crippen LogP contribution in [0.4, 0.5) is 0 Å². The summed E-state index contributed by atoms with van der Waals surface area (Å²) in [6, 6.07) is 12.8. The fourth-order valence-electron chi connectivity index (χ4n) is 3.40. The second-order valence-corrected chi connectivity index (χ2v) is 6.92. The van der Waals surface area contributed by atoms with Crippen LogP contribution in [0.1, 0.15) is 27.8 Å². The van der Waals surface area contributed by atoms with Crippen molar-refractivity contribution in [2.24, 2.45) is 0 Å². The monoisotopic (exact) mass is 325 g/mol. The van der Waals surface area contributed by atoms with Crippen molar-refractivity contribution >= 4 is 0 Å². The minimum Gasteiger partial charge on any atom is -0.491 e. The van der Waals surface area contributed by atoms with Gasteiger partial charge in [0.2, 0.25) is 0 Å². The van der Waals surface area contributed by atoms with Gasteiger partial charge in [-0.25, -0.2) is 0 Å². The Morgan fingerprint density at radius 1 is 1.12 bits per heavy atom. The molecule has 0 amide bonds. The van der Waals surface area contributed by atoms with Gasteiger partial charge >= 0.3 is 0 Å². The van der Waals surface area contributed by atoms with Crippen LogP contribution >= 0.6 is 0 Å². The number of rotatable bonds is 5. The van der Waals surface area contributed by atoms with Gasteiger partial charge in [0, 0.05) is 19.6 Å². The number of aliphatic hydroxyl groups is 1. The molecule has 3 rings (SSSR count). The molecule has 3 nitrogen and oxygen atoms in total. The molecule has 1 heterocycles. The minimum absolute atomic E-state index is 0.335. The number of benzene rings is 2. The summed E-state index contributed by atoms with van der Waals surface area (Å²) in [6.07, 6.45) is 0.579. The molecule has 1 atom stereocenters. The summed E-state index contributed by atoms with van der Waals surface area (Å²) in [4.78, 5) is 2.31. The predicted octanol–water partition coefficient (Wildman–Crippen LogP) is 3.41. The van der Waals surface area contributed by atoms with Crippen LogP contribution < -0.4 is 4.74 Å². The lowest BCUT2D eigenvalue weighted by molar-refractivity contribution is 0.0635. The van der Waals surface area contributed by atoms with Crippen LogP contribution in [0.25, 0.3) is 0 Å². The van der Waals surface area contributed by atoms with E-state index in [4.69, 9.17) is 4.74 Å². The summed E-state index contributed by atoms with van der Waals surface area (Å²) in [7, 11) is 0. The van der Waals surface area contributed by atoms with E-state index < -0.39 is 6.10 Å². The Morgan fingerprint density at radius 2 is 1.88 bits per heavy atom. The summed E-state index contributed by atoms with van der Waals surface area (Å²) in [6.45, 7) is 9.13. The Kier molecular flexibility index (Phi) is 5.22. The first kappa shape index (κ1) is 17.0. The number of nitrogens with zero attached hydrogens (tertiary/aromatic N) is 1. The Hall–Kier alpha value is -1.84. The van der Waals surface area contributed by atoms with Crippen molar-refractivity contribution in [3.05, 3.63) is 64.2 Å². The van der Waals surface area contributed by atoms with Gasteiger partial charge in [0.15, 0.2) is 0 Å². The highest BCUT2D eigenvalue weighted by molar-refractivity contribution is 5.41. The van der Waals surface area contributed by atoms with Crippen LogP contribution in [0, 0.1) is 20.8 Å². The minimum atomic E-state index is -0.476. The third-order valence-corrected chi connectivity index (χ3v) is 4.87. The van der Waals surface area contributed by atoms with Gasteiger partial charge in [-0.2, -0.15) is 0 Å². The molecule has 0 aliphatic carbocycles. The number of hydrogen-bond donors (Lipinski definition) is 1. The third-order valence-electron chi connectivity index (χ3n) is 4.87. The van der Waals surface area contributed by atoms with E-state index >= 15 is 0 Å². The number of aliphatic hydroxyl groups excluding tert-OH is 1. The Bertz CT molecular complexity index is 711. The van der Waals surface area contributed by atoms with Crippen LogP contribution in [0.5, 0.6) is 5.75 Å². The summed E-state index contributed by atoms with van der Waals surface area (Å²) in [5.74, 6) is 0.885. The van der Waals surface area contributed by atoms with E-state index in [-0.39, 0.29) is 0 Å². The van der Waals surface area contributed by atoms with Crippen molar-refractivity contribution in [1.29, 1.82) is 0 Å². The molecule has 128 valence electrons. The van der Waals surface area contributed by atoms with Crippen molar-refractivity contribution in [3.8, 4) is 5.75 Å². The SMILES string of the molecule is Cc1cc(C)c(C)c(OC[C@H](O)CN2CCc3ccccc3C2)c1. The summed E-state index contributed by atoms with van der Waals surface area (Å²) >= 11 is 0. The van der Waals surface area contributed by atoms with E-state index in [1.54, 1.807) is 0 Å². The lowest BCUT2D eigenvalue weighted by Gasteiger charge is -2.30. The first-order valence-electron chi connectivity index (χ1n) is 8.71. The molecule has 0 spiro atoms. The highest BCUT2D eigenvalue weighted by atomic mass is 16.5. The van der Waals surface area contributed by atoms with E-state index in [0.29, 0.717) is 13.2 Å². The molecular weight excluding hydrogens is 298 g/mol. The molecule has 2 aromatic carbocycles. The van der Waals surface area contributed by atoms with E-state index in [2.05, 4.69) is 56.0 Å². The van der Waals surface area contributed by atoms with Crippen LogP contribution in [0.15, 0.2) is 36.4 Å². The van der Waals surface area contributed by atoms with Crippen molar-refractivity contribution in [1.82, 2.24) is 4.90 Å². The van der Waals surface area contributed by atoms with E-state index in [1.165, 1.54) is 22.3 Å². The highest BCUT2D eigenvalue weighted by Gasteiger charge is 2.19. The number of aryl methyl sites for hydroxylation is 2. The normalized spacial score (nSPS) is 15.8. The zero-order chi connectivity index (χ0) is 17.1. The molecule has 1 aliphatic rings. The maximum Gasteiger partial charge on any atom is 0.122 e. The molecule has 2 aromatic rings. The van der Waals surface area contributed by atoms with Gasteiger partial charge in [0.1, 0.15) is 18.5 Å². The molecule has 0 aromatic heterocycles. The van der Waals surface area contributed by atoms with Gasteiger partial charge in [-0.15, -0.1) is 0 Å². The second kappa shape index (κ2) is 7.37. The molecule has 1 aliphatic heterocycles. The highest BCUT2D eigenvalue weighted by Crippen LogP contribution is 2.24. The topological polar surface area (TPSA) is 32.7 Å². The van der Waals surface area contributed by atoms with Crippen LogP contribution in [0.3, 0.4) is 0 Å². The average Bonchev–Trinajstić information content (AvgIpc) is 2.56. The molecule has 0 radical (unpaired) electrons. The van der Waals surface area contributed by atoms with Crippen LogP contribution in [0.2, 0.25) is 0 Å². The Morgan fingerprint density at radius 3 is 2.67 bits per heavy atom. The molecule has 0 unspecified atom stereocenters. The molecule has 1 N–H and O–H groups in total. The molecule has 0 bridgehead atoms. The fourth-order valence-corrected chi connectivity index (χ4v) is 3.40. The van der Waals surface area contributed by atoms with Gasteiger partial charge in [-0.3, -0.25) is 4.90 Å². The molecular formula is C21H27NO2. The maximum atomic E-state index is 10.4. The molecule has 0 saturated heterocycles. The number of β-amino-alcohol motifs (C(OH)–C–C–N with tert-alkyl or cyclic N) is 1. The quantitative estimate of drug-likeness (QED) is 0.914. The maximum absolute atomic E-state index is 10.4. The van der Waals surface area contributed by atoms with Crippen molar-refractivity contribution in [3.63, 3.8) is 0 Å². The molecule has 24 heavy (non-hydrogen) atoms. The largest absolute Gasteiger partial charge is 0.491 e. The number of fused-ring (bicyclic) bond motifs is 1. The van der Waals surface area contributed by atoms with E-state index in [1.807, 2.05) is 6.07 Å². The Balaban J connectivity index is 1.54.